The number of ether oxygens (including phenoxy) is 2. The number of aliphatic hydroxyl groups is 1. The van der Waals surface area contributed by atoms with Crippen LogP contribution < -0.4 is 0 Å². The second kappa shape index (κ2) is 6.13. The maximum absolute atomic E-state index is 12.2. The molecule has 0 aromatic heterocycles. The van der Waals surface area contributed by atoms with E-state index in [0.717, 1.165) is 12.0 Å². The second-order valence-corrected chi connectivity index (χ2v) is 5.68. The molecule has 0 saturated carbocycles. The molecule has 0 unspecified atom stereocenters. The molecule has 114 valence electrons. The highest BCUT2D eigenvalue weighted by Crippen LogP contribution is 2.29. The van der Waals surface area contributed by atoms with Crippen molar-refractivity contribution in [3.05, 3.63) is 35.9 Å². The topological polar surface area (TPSA) is 59.0 Å². The van der Waals surface area contributed by atoms with Crippen molar-refractivity contribution >= 4 is 5.91 Å². The van der Waals surface area contributed by atoms with Crippen LogP contribution in [0.25, 0.3) is 0 Å². The summed E-state index contributed by atoms with van der Waals surface area (Å²) < 4.78 is 11.0. The lowest BCUT2D eigenvalue weighted by Crippen LogP contribution is -2.53. The van der Waals surface area contributed by atoms with Gasteiger partial charge in [0, 0.05) is 13.0 Å². The van der Waals surface area contributed by atoms with Crippen LogP contribution in [0.1, 0.15) is 25.3 Å². The van der Waals surface area contributed by atoms with Crippen LogP contribution in [0.2, 0.25) is 0 Å². The highest BCUT2D eigenvalue weighted by molar-refractivity contribution is 5.78. The Morgan fingerprint density at radius 2 is 2.10 bits per heavy atom. The average Bonchev–Trinajstić information content (AvgIpc) is 2.84. The van der Waals surface area contributed by atoms with Gasteiger partial charge in [-0.05, 0) is 18.9 Å². The number of likely N-dealkylation sites (tertiary alicyclic amines) is 1. The monoisotopic (exact) mass is 291 g/mol. The lowest BCUT2D eigenvalue weighted by Gasteiger charge is -2.39. The summed E-state index contributed by atoms with van der Waals surface area (Å²) in [7, 11) is 0. The summed E-state index contributed by atoms with van der Waals surface area (Å²) in [6.07, 6.45) is -0.161. The van der Waals surface area contributed by atoms with Crippen LogP contribution in [0.15, 0.2) is 30.3 Å². The lowest BCUT2D eigenvalue weighted by molar-refractivity contribution is -0.255. The second-order valence-electron chi connectivity index (χ2n) is 5.68. The Labute approximate surface area is 124 Å². The van der Waals surface area contributed by atoms with Gasteiger partial charge in [-0.2, -0.15) is 0 Å². The number of hydrogen-bond acceptors (Lipinski definition) is 4. The van der Waals surface area contributed by atoms with Gasteiger partial charge in [-0.3, -0.25) is 4.79 Å². The predicted octanol–water partition coefficient (Wildman–Crippen LogP) is 1.30. The molecule has 5 nitrogen and oxygen atoms in total. The van der Waals surface area contributed by atoms with Gasteiger partial charge in [0.05, 0.1) is 12.6 Å². The summed E-state index contributed by atoms with van der Waals surface area (Å²) in [6.45, 7) is 2.64. The first-order valence-corrected chi connectivity index (χ1v) is 7.43. The lowest BCUT2D eigenvalue weighted by atomic mass is 10.0. The van der Waals surface area contributed by atoms with Gasteiger partial charge >= 0.3 is 0 Å². The zero-order chi connectivity index (χ0) is 14.8. The Bertz CT molecular complexity index is 492. The Balaban J connectivity index is 1.75. The zero-order valence-electron chi connectivity index (χ0n) is 12.1. The summed E-state index contributed by atoms with van der Waals surface area (Å²) in [5.74, 6) is 0.124. The molecular weight excluding hydrogens is 270 g/mol. The summed E-state index contributed by atoms with van der Waals surface area (Å²) in [5.41, 5.74) is 1.09. The van der Waals surface area contributed by atoms with Gasteiger partial charge < -0.3 is 19.5 Å². The largest absolute Gasteiger partial charge is 0.388 e. The van der Waals surface area contributed by atoms with Crippen molar-refractivity contribution in [2.24, 2.45) is 0 Å². The quantitative estimate of drug-likeness (QED) is 0.912. The minimum Gasteiger partial charge on any atom is -0.388 e. The van der Waals surface area contributed by atoms with Crippen molar-refractivity contribution in [3.63, 3.8) is 0 Å². The molecule has 5 heteroatoms. The van der Waals surface area contributed by atoms with Crippen LogP contribution in [0.4, 0.5) is 0 Å². The molecule has 2 heterocycles. The normalized spacial score (nSPS) is 33.4. The van der Waals surface area contributed by atoms with Gasteiger partial charge in [-0.15, -0.1) is 0 Å². The van der Waals surface area contributed by atoms with Gasteiger partial charge in [0.15, 0.2) is 6.29 Å². The zero-order valence-corrected chi connectivity index (χ0v) is 12.1. The van der Waals surface area contributed by atoms with Crippen molar-refractivity contribution in [2.45, 2.75) is 50.8 Å². The molecule has 0 aliphatic carbocycles. The number of amides is 1. The number of carbonyl (C=O) groups is 1. The van der Waals surface area contributed by atoms with Crippen molar-refractivity contribution in [1.29, 1.82) is 0 Å². The maximum atomic E-state index is 12.2. The van der Waals surface area contributed by atoms with E-state index in [0.29, 0.717) is 13.0 Å². The standard InChI is InChI=1S/C16H21NO4/c1-11-20-10-14(18)16(21-11)13-7-8-15(19)17(13)9-12-5-3-2-4-6-12/h2-6,11,13-14,16,18H,7-10H2,1H3/t11-,13+,14+,16+/m0/s1. The molecule has 0 spiro atoms. The van der Waals surface area contributed by atoms with E-state index >= 15 is 0 Å². The molecule has 2 aliphatic heterocycles. The first kappa shape index (κ1) is 14.5. The SMILES string of the molecule is C[C@H]1OC[C@@H](O)[C@@H]([C@H]2CCC(=O)N2Cc2ccccc2)O1. The van der Waals surface area contributed by atoms with E-state index < -0.39 is 6.10 Å². The molecule has 21 heavy (non-hydrogen) atoms. The fourth-order valence-electron chi connectivity index (χ4n) is 3.11. The van der Waals surface area contributed by atoms with Crippen molar-refractivity contribution < 1.29 is 19.4 Å². The van der Waals surface area contributed by atoms with E-state index in [1.54, 1.807) is 0 Å². The molecule has 1 aromatic carbocycles. The fraction of sp³-hybridized carbons (Fsp3) is 0.562. The van der Waals surface area contributed by atoms with E-state index in [1.807, 2.05) is 42.2 Å². The molecule has 2 aliphatic rings. The summed E-state index contributed by atoms with van der Waals surface area (Å²) >= 11 is 0. The Kier molecular flexibility index (Phi) is 4.24. The van der Waals surface area contributed by atoms with E-state index in [1.165, 1.54) is 0 Å². The van der Waals surface area contributed by atoms with Gasteiger partial charge in [-0.25, -0.2) is 0 Å². The first-order chi connectivity index (χ1) is 10.1. The average molecular weight is 291 g/mol. The van der Waals surface area contributed by atoms with Crippen molar-refractivity contribution in [2.75, 3.05) is 6.61 Å². The van der Waals surface area contributed by atoms with Gasteiger partial charge in [0.1, 0.15) is 12.2 Å². The van der Waals surface area contributed by atoms with Crippen LogP contribution in [-0.2, 0) is 20.8 Å². The highest BCUT2D eigenvalue weighted by atomic mass is 16.7. The maximum Gasteiger partial charge on any atom is 0.223 e. The fourth-order valence-corrected chi connectivity index (χ4v) is 3.11. The summed E-state index contributed by atoms with van der Waals surface area (Å²) in [5, 5.41) is 10.1. The predicted molar refractivity (Wildman–Crippen MR) is 76.3 cm³/mol. The minimum absolute atomic E-state index is 0.0842. The third kappa shape index (κ3) is 3.10. The van der Waals surface area contributed by atoms with E-state index in [9.17, 15) is 9.90 Å². The Hall–Kier alpha value is -1.43. The van der Waals surface area contributed by atoms with Crippen LogP contribution in [0.3, 0.4) is 0 Å². The molecule has 2 fully saturated rings. The van der Waals surface area contributed by atoms with E-state index in [2.05, 4.69) is 0 Å². The number of nitrogens with zero attached hydrogens (tertiary/aromatic N) is 1. The highest BCUT2D eigenvalue weighted by Gasteiger charge is 2.42. The summed E-state index contributed by atoms with van der Waals surface area (Å²) in [4.78, 5) is 14.0. The molecule has 0 radical (unpaired) electrons. The number of rotatable bonds is 3. The van der Waals surface area contributed by atoms with Gasteiger partial charge in [-0.1, -0.05) is 30.3 Å². The molecule has 2 saturated heterocycles. The van der Waals surface area contributed by atoms with E-state index in [4.69, 9.17) is 9.47 Å². The smallest absolute Gasteiger partial charge is 0.223 e. The molecule has 4 atom stereocenters. The number of hydrogen-bond donors (Lipinski definition) is 1. The van der Waals surface area contributed by atoms with Gasteiger partial charge in [0.25, 0.3) is 0 Å². The minimum atomic E-state index is -0.685. The van der Waals surface area contributed by atoms with E-state index in [-0.39, 0.29) is 30.9 Å². The summed E-state index contributed by atoms with van der Waals surface area (Å²) in [6, 6.07) is 9.82. The van der Waals surface area contributed by atoms with Crippen LogP contribution in [0, 0.1) is 0 Å². The van der Waals surface area contributed by atoms with Crippen LogP contribution >= 0.6 is 0 Å². The van der Waals surface area contributed by atoms with Crippen LogP contribution in [-0.4, -0.2) is 47.1 Å². The van der Waals surface area contributed by atoms with Crippen molar-refractivity contribution in [3.8, 4) is 0 Å². The molecule has 1 aromatic rings. The number of carbonyl (C=O) groups excluding carboxylic acids is 1. The van der Waals surface area contributed by atoms with Crippen molar-refractivity contribution in [1.82, 2.24) is 4.90 Å². The molecular formula is C16H21NO4. The van der Waals surface area contributed by atoms with Crippen LogP contribution in [0.5, 0.6) is 0 Å². The molecule has 3 rings (SSSR count). The molecule has 1 N–H and O–H groups in total. The van der Waals surface area contributed by atoms with Gasteiger partial charge in [0.2, 0.25) is 5.91 Å². The third-order valence-corrected chi connectivity index (χ3v) is 4.18. The number of aliphatic hydroxyl groups excluding tert-OH is 1. The first-order valence-electron chi connectivity index (χ1n) is 7.43. The number of benzene rings is 1. The third-order valence-electron chi connectivity index (χ3n) is 4.18. The molecule has 1 amide bonds. The molecule has 0 bridgehead atoms. The Morgan fingerprint density at radius 3 is 2.86 bits per heavy atom. The Morgan fingerprint density at radius 1 is 1.33 bits per heavy atom.